The number of nitrogens with one attached hydrogen (secondary N) is 1. The van der Waals surface area contributed by atoms with Gasteiger partial charge >= 0.3 is 6.03 Å². The second kappa shape index (κ2) is 10.7. The van der Waals surface area contributed by atoms with Crippen LogP contribution < -0.4 is 11.1 Å². The largest absolute Gasteiger partial charge is 0.394 e. The Morgan fingerprint density at radius 1 is 1.24 bits per heavy atom. The van der Waals surface area contributed by atoms with Crippen LogP contribution >= 0.6 is 0 Å². The fraction of sp³-hybridized carbons (Fsp3) is 0.524. The van der Waals surface area contributed by atoms with Crippen LogP contribution in [0.25, 0.3) is 0 Å². The van der Waals surface area contributed by atoms with Gasteiger partial charge in [-0.25, -0.2) is 9.18 Å². The molecule has 0 saturated carbocycles. The molecule has 1 aromatic rings. The van der Waals surface area contributed by atoms with Crippen molar-refractivity contribution >= 4 is 11.8 Å². The zero-order valence-corrected chi connectivity index (χ0v) is 18.0. The summed E-state index contributed by atoms with van der Waals surface area (Å²) in [5, 5.41) is 31.1. The number of aliphatic hydroxyl groups excluding tert-OH is 3. The molecule has 0 aliphatic carbocycles. The number of carbonyl (C=O) groups excluding carboxylic acids is 2. The number of benzene rings is 1. The van der Waals surface area contributed by atoms with Crippen LogP contribution in [0.4, 0.5) is 9.18 Å². The summed E-state index contributed by atoms with van der Waals surface area (Å²) < 4.78 is 29.5. The predicted molar refractivity (Wildman–Crippen MR) is 111 cm³/mol. The van der Waals surface area contributed by atoms with E-state index >= 15 is 0 Å². The van der Waals surface area contributed by atoms with Crippen molar-refractivity contribution in [1.82, 2.24) is 10.2 Å². The fourth-order valence-corrected chi connectivity index (χ4v) is 3.45. The lowest BCUT2D eigenvalue weighted by Crippen LogP contribution is -2.68. The number of rotatable bonds is 5. The van der Waals surface area contributed by atoms with Crippen molar-refractivity contribution < 1.29 is 43.5 Å². The van der Waals surface area contributed by atoms with Gasteiger partial charge in [0.05, 0.1) is 19.8 Å². The standard InChI is InChI=1S/C18H22FN3O6.C3H6O2/c1-2-9-3-5-10(6-4-9)15(26)18(20)12(19)7-22(17(27)21-18)16-14(25)13(24)11(8-23)28-16;1-2-5-3-4-1/h3-7,11,13-14,16,23-25H,2,8,20H2,1H3,(H,21,27);1-3H2/t11-,13-,14-,16-,18?;/m1./s1. The Labute approximate surface area is 189 Å². The molecule has 0 radical (unpaired) electrons. The van der Waals surface area contributed by atoms with Gasteiger partial charge in [0.15, 0.2) is 12.1 Å². The smallest absolute Gasteiger partial charge is 0.325 e. The van der Waals surface area contributed by atoms with Gasteiger partial charge in [0.2, 0.25) is 11.4 Å². The normalized spacial score (nSPS) is 31.5. The van der Waals surface area contributed by atoms with Gasteiger partial charge in [0.25, 0.3) is 0 Å². The van der Waals surface area contributed by atoms with Crippen molar-refractivity contribution in [2.24, 2.45) is 5.73 Å². The molecular formula is C21H28FN3O8. The van der Waals surface area contributed by atoms with Crippen molar-refractivity contribution in [2.75, 3.05) is 26.6 Å². The minimum Gasteiger partial charge on any atom is -0.394 e. The molecule has 4 rings (SSSR count). The molecule has 33 heavy (non-hydrogen) atoms. The lowest BCUT2D eigenvalue weighted by molar-refractivity contribution is -0.0679. The molecular weight excluding hydrogens is 441 g/mol. The third-order valence-electron chi connectivity index (χ3n) is 5.48. The van der Waals surface area contributed by atoms with E-state index in [4.69, 9.17) is 25.1 Å². The number of nitrogens with zero attached hydrogens (tertiary/aromatic N) is 1. The molecule has 3 aliphatic rings. The van der Waals surface area contributed by atoms with Crippen LogP contribution in [-0.4, -0.2) is 88.9 Å². The number of halogens is 1. The van der Waals surface area contributed by atoms with E-state index in [1.54, 1.807) is 12.1 Å². The van der Waals surface area contributed by atoms with Gasteiger partial charge in [-0.1, -0.05) is 31.2 Å². The zero-order chi connectivity index (χ0) is 24.2. The first-order valence-corrected chi connectivity index (χ1v) is 10.4. The number of hydrogen-bond acceptors (Lipinski definition) is 9. The van der Waals surface area contributed by atoms with Crippen LogP contribution in [0.3, 0.4) is 0 Å². The van der Waals surface area contributed by atoms with E-state index in [0.717, 1.165) is 25.2 Å². The molecule has 3 heterocycles. The average molecular weight is 469 g/mol. The maximum absolute atomic E-state index is 14.8. The van der Waals surface area contributed by atoms with Gasteiger partial charge in [-0.2, -0.15) is 0 Å². The first-order valence-electron chi connectivity index (χ1n) is 10.4. The molecule has 5 atom stereocenters. The van der Waals surface area contributed by atoms with E-state index in [9.17, 15) is 24.2 Å². The van der Waals surface area contributed by atoms with E-state index in [1.807, 2.05) is 6.92 Å². The Kier molecular flexibility index (Phi) is 8.13. The number of ether oxygens (including phenoxy) is 3. The number of nitrogens with two attached hydrogens (primary N) is 1. The summed E-state index contributed by atoms with van der Waals surface area (Å²) in [5.41, 5.74) is 4.54. The van der Waals surface area contributed by atoms with E-state index in [1.165, 1.54) is 12.1 Å². The second-order valence-electron chi connectivity index (χ2n) is 7.67. The second-order valence-corrected chi connectivity index (χ2v) is 7.67. The molecule has 0 aromatic heterocycles. The van der Waals surface area contributed by atoms with E-state index in [-0.39, 0.29) is 5.56 Å². The summed E-state index contributed by atoms with van der Waals surface area (Å²) in [6.45, 7) is 3.39. The molecule has 1 unspecified atom stereocenters. The summed E-state index contributed by atoms with van der Waals surface area (Å²) in [7, 11) is 0. The van der Waals surface area contributed by atoms with E-state index < -0.39 is 54.5 Å². The summed E-state index contributed by atoms with van der Waals surface area (Å²) in [5.74, 6) is -2.02. The minimum absolute atomic E-state index is 0.116. The van der Waals surface area contributed by atoms with Gasteiger partial charge in [-0.05, 0) is 12.0 Å². The molecule has 6 N–H and O–H groups in total. The van der Waals surface area contributed by atoms with E-state index in [0.29, 0.717) is 17.9 Å². The Balaban J connectivity index is 0.000000541. The Hall–Kier alpha value is -2.45. The molecule has 0 bridgehead atoms. The number of aryl methyl sites for hydroxylation is 1. The van der Waals surface area contributed by atoms with Crippen LogP contribution in [0, 0.1) is 0 Å². The highest BCUT2D eigenvalue weighted by Gasteiger charge is 2.51. The lowest BCUT2D eigenvalue weighted by atomic mass is 9.95. The van der Waals surface area contributed by atoms with Crippen molar-refractivity contribution in [1.29, 1.82) is 0 Å². The number of amides is 2. The number of Topliss-reactive ketones (excluding diaryl/α,β-unsaturated/α-hetero) is 1. The number of hydrogen-bond donors (Lipinski definition) is 5. The summed E-state index contributed by atoms with van der Waals surface area (Å²) in [4.78, 5) is 25.8. The van der Waals surface area contributed by atoms with Crippen molar-refractivity contribution in [3.05, 3.63) is 47.4 Å². The first kappa shape index (κ1) is 25.2. The van der Waals surface area contributed by atoms with Gasteiger partial charge in [0.1, 0.15) is 25.1 Å². The van der Waals surface area contributed by atoms with Crippen LogP contribution in [-0.2, 0) is 20.6 Å². The Bertz CT molecular complexity index is 871. The van der Waals surface area contributed by atoms with Gasteiger partial charge in [0, 0.05) is 11.8 Å². The third kappa shape index (κ3) is 5.22. The van der Waals surface area contributed by atoms with Crippen LogP contribution in [0.2, 0.25) is 0 Å². The molecule has 11 nitrogen and oxygen atoms in total. The summed E-state index contributed by atoms with van der Waals surface area (Å²) >= 11 is 0. The van der Waals surface area contributed by atoms with Crippen molar-refractivity contribution in [3.63, 3.8) is 0 Å². The molecule has 2 saturated heterocycles. The molecule has 182 valence electrons. The third-order valence-corrected chi connectivity index (χ3v) is 5.48. The van der Waals surface area contributed by atoms with Gasteiger partial charge < -0.3 is 34.8 Å². The number of carbonyl (C=O) groups is 2. The first-order chi connectivity index (χ1) is 15.7. The number of urea groups is 1. The maximum atomic E-state index is 14.8. The van der Waals surface area contributed by atoms with Crippen molar-refractivity contribution in [2.45, 2.75) is 43.5 Å². The SMILES string of the molecule is C1COCO1.CCc1ccc(C(=O)C2(N)NC(=O)N([C@@H]3O[C@H](CO)[C@@H](O)[C@H]3O)C=C2F)cc1. The molecule has 0 spiro atoms. The van der Waals surface area contributed by atoms with Crippen molar-refractivity contribution in [3.8, 4) is 0 Å². The predicted octanol–water partition coefficient (Wildman–Crippen LogP) is -0.647. The summed E-state index contributed by atoms with van der Waals surface area (Å²) in [6.07, 6.45) is -4.25. The average Bonchev–Trinajstić information content (AvgIpc) is 3.49. The molecule has 2 fully saturated rings. The highest BCUT2D eigenvalue weighted by Crippen LogP contribution is 2.30. The zero-order valence-electron chi connectivity index (χ0n) is 18.0. The van der Waals surface area contributed by atoms with Crippen LogP contribution in [0.1, 0.15) is 22.8 Å². The van der Waals surface area contributed by atoms with Gasteiger partial charge in [-0.15, -0.1) is 0 Å². The fourth-order valence-electron chi connectivity index (χ4n) is 3.45. The number of ketones is 1. The highest BCUT2D eigenvalue weighted by atomic mass is 19.1. The number of aliphatic hydroxyl groups is 3. The highest BCUT2D eigenvalue weighted by molar-refractivity contribution is 6.07. The molecule has 12 heteroatoms. The molecule has 1 aromatic carbocycles. The summed E-state index contributed by atoms with van der Waals surface area (Å²) in [6, 6.07) is 5.39. The Morgan fingerprint density at radius 2 is 1.88 bits per heavy atom. The quantitative estimate of drug-likeness (QED) is 0.353. The topological polar surface area (TPSA) is 164 Å². The van der Waals surface area contributed by atoms with Gasteiger partial charge in [-0.3, -0.25) is 15.4 Å². The maximum Gasteiger partial charge on any atom is 0.325 e. The molecule has 3 aliphatic heterocycles. The lowest BCUT2D eigenvalue weighted by Gasteiger charge is -2.37. The van der Waals surface area contributed by atoms with E-state index in [2.05, 4.69) is 5.32 Å². The minimum atomic E-state index is -2.42. The molecule has 2 amide bonds. The monoisotopic (exact) mass is 469 g/mol. The van der Waals surface area contributed by atoms with Crippen LogP contribution in [0.15, 0.2) is 36.3 Å². The Morgan fingerprint density at radius 3 is 2.36 bits per heavy atom. The van der Waals surface area contributed by atoms with Crippen LogP contribution in [0.5, 0.6) is 0 Å².